The van der Waals surface area contributed by atoms with Crippen LogP contribution in [0.25, 0.3) is 0 Å². The van der Waals surface area contributed by atoms with Crippen LogP contribution >= 0.6 is 11.8 Å². The molecule has 3 unspecified atom stereocenters. The highest BCUT2D eigenvalue weighted by molar-refractivity contribution is 8.00. The van der Waals surface area contributed by atoms with Gasteiger partial charge in [0.1, 0.15) is 5.37 Å². The van der Waals surface area contributed by atoms with Crippen molar-refractivity contribution in [2.45, 2.75) is 42.7 Å². The molecular weight excluding hydrogens is 296 g/mol. The molecule has 0 aromatic heterocycles. The molecule has 0 amide bonds. The van der Waals surface area contributed by atoms with E-state index in [0.717, 1.165) is 38.0 Å². The zero-order valence-electron chi connectivity index (χ0n) is 12.4. The standard InChI is InChI=1S/C13H26N2O3S2/c1-18-11-4-3-5-13(8-11,10-14)15-6-7-19-9-12(15)20(2,16)17/h11-12H,3-10,14H2,1-2H3. The predicted octanol–water partition coefficient (Wildman–Crippen LogP) is 0.692. The van der Waals surface area contributed by atoms with Crippen molar-refractivity contribution < 1.29 is 13.2 Å². The van der Waals surface area contributed by atoms with Gasteiger partial charge < -0.3 is 10.5 Å². The first kappa shape index (κ1) is 16.5. The van der Waals surface area contributed by atoms with E-state index in [1.54, 1.807) is 18.9 Å². The number of thioether (sulfide) groups is 1. The fraction of sp³-hybridized carbons (Fsp3) is 1.00. The molecular formula is C13H26N2O3S2. The number of rotatable bonds is 4. The van der Waals surface area contributed by atoms with Crippen LogP contribution in [-0.2, 0) is 14.6 Å². The van der Waals surface area contributed by atoms with E-state index in [2.05, 4.69) is 4.90 Å². The first-order valence-corrected chi connectivity index (χ1v) is 10.3. The minimum Gasteiger partial charge on any atom is -0.381 e. The number of nitrogens with zero attached hydrogens (tertiary/aromatic N) is 1. The topological polar surface area (TPSA) is 72.6 Å². The van der Waals surface area contributed by atoms with Crippen LogP contribution in [-0.4, -0.2) is 68.3 Å². The van der Waals surface area contributed by atoms with E-state index >= 15 is 0 Å². The molecule has 118 valence electrons. The second kappa shape index (κ2) is 6.52. The molecule has 0 aromatic rings. The molecule has 1 aliphatic heterocycles. The van der Waals surface area contributed by atoms with Crippen molar-refractivity contribution in [3.05, 3.63) is 0 Å². The van der Waals surface area contributed by atoms with Crippen LogP contribution in [0.5, 0.6) is 0 Å². The van der Waals surface area contributed by atoms with E-state index in [4.69, 9.17) is 10.5 Å². The lowest BCUT2D eigenvalue weighted by atomic mass is 9.78. The maximum Gasteiger partial charge on any atom is 0.164 e. The van der Waals surface area contributed by atoms with Gasteiger partial charge in [0.2, 0.25) is 0 Å². The molecule has 1 heterocycles. The first-order valence-electron chi connectivity index (χ1n) is 7.19. The summed E-state index contributed by atoms with van der Waals surface area (Å²) in [6.45, 7) is 1.31. The summed E-state index contributed by atoms with van der Waals surface area (Å²) in [6.07, 6.45) is 5.45. The third-order valence-electron chi connectivity index (χ3n) is 4.68. The minimum atomic E-state index is -3.09. The summed E-state index contributed by atoms with van der Waals surface area (Å²) < 4.78 is 29.8. The first-order chi connectivity index (χ1) is 9.43. The molecule has 5 nitrogen and oxygen atoms in total. The molecule has 20 heavy (non-hydrogen) atoms. The zero-order valence-corrected chi connectivity index (χ0v) is 14.0. The Hall–Kier alpha value is 0.180. The third-order valence-corrected chi connectivity index (χ3v) is 7.32. The summed E-state index contributed by atoms with van der Waals surface area (Å²) in [4.78, 5) is 2.17. The van der Waals surface area contributed by atoms with E-state index in [9.17, 15) is 8.42 Å². The predicted molar refractivity (Wildman–Crippen MR) is 83.7 cm³/mol. The molecule has 7 heteroatoms. The molecule has 1 saturated heterocycles. The molecule has 2 rings (SSSR count). The van der Waals surface area contributed by atoms with Crippen molar-refractivity contribution in [3.8, 4) is 0 Å². The fourth-order valence-corrected chi connectivity index (χ4v) is 6.47. The Morgan fingerprint density at radius 3 is 2.85 bits per heavy atom. The highest BCUT2D eigenvalue weighted by Gasteiger charge is 2.46. The fourth-order valence-electron chi connectivity index (χ4n) is 3.53. The number of hydrogen-bond acceptors (Lipinski definition) is 6. The van der Waals surface area contributed by atoms with Gasteiger partial charge in [-0.2, -0.15) is 11.8 Å². The van der Waals surface area contributed by atoms with E-state index in [1.165, 1.54) is 6.26 Å². The molecule has 2 fully saturated rings. The van der Waals surface area contributed by atoms with Gasteiger partial charge in [0.25, 0.3) is 0 Å². The zero-order chi connectivity index (χ0) is 14.8. The smallest absolute Gasteiger partial charge is 0.164 e. The number of methoxy groups -OCH3 is 1. The average molecular weight is 322 g/mol. The van der Waals surface area contributed by atoms with Crippen LogP contribution in [0.15, 0.2) is 0 Å². The Kier molecular flexibility index (Phi) is 5.40. The highest BCUT2D eigenvalue weighted by atomic mass is 32.2. The summed E-state index contributed by atoms with van der Waals surface area (Å²) in [5.41, 5.74) is 5.88. The van der Waals surface area contributed by atoms with Crippen molar-refractivity contribution in [2.24, 2.45) is 5.73 Å². The Bertz CT molecular complexity index is 429. The maximum absolute atomic E-state index is 12.1. The number of hydrogen-bond donors (Lipinski definition) is 1. The lowest BCUT2D eigenvalue weighted by molar-refractivity contribution is -0.0240. The van der Waals surface area contributed by atoms with Crippen molar-refractivity contribution in [3.63, 3.8) is 0 Å². The van der Waals surface area contributed by atoms with Crippen LogP contribution in [0.3, 0.4) is 0 Å². The van der Waals surface area contributed by atoms with Crippen molar-refractivity contribution in [1.82, 2.24) is 4.90 Å². The third kappa shape index (κ3) is 3.32. The van der Waals surface area contributed by atoms with Gasteiger partial charge in [0.15, 0.2) is 9.84 Å². The largest absolute Gasteiger partial charge is 0.381 e. The van der Waals surface area contributed by atoms with Gasteiger partial charge in [-0.05, 0) is 25.7 Å². The van der Waals surface area contributed by atoms with Crippen LogP contribution in [0.2, 0.25) is 0 Å². The van der Waals surface area contributed by atoms with Crippen LogP contribution < -0.4 is 5.73 Å². The van der Waals surface area contributed by atoms with Gasteiger partial charge in [-0.1, -0.05) is 0 Å². The summed E-state index contributed by atoms with van der Waals surface area (Å²) >= 11 is 1.72. The molecule has 0 aromatic carbocycles. The quantitative estimate of drug-likeness (QED) is 0.821. The number of ether oxygens (including phenoxy) is 1. The van der Waals surface area contributed by atoms with Gasteiger partial charge in [-0.3, -0.25) is 4.90 Å². The molecule has 2 aliphatic rings. The minimum absolute atomic E-state index is 0.196. The van der Waals surface area contributed by atoms with Crippen LogP contribution in [0.4, 0.5) is 0 Å². The number of nitrogens with two attached hydrogens (primary N) is 1. The molecule has 0 spiro atoms. The molecule has 0 radical (unpaired) electrons. The Balaban J connectivity index is 2.28. The Labute approximate surface area is 126 Å². The van der Waals surface area contributed by atoms with Crippen molar-refractivity contribution >= 4 is 21.6 Å². The molecule has 1 aliphatic carbocycles. The van der Waals surface area contributed by atoms with Crippen LogP contribution in [0.1, 0.15) is 25.7 Å². The SMILES string of the molecule is COC1CCCC(CN)(N2CCSCC2S(C)(=O)=O)C1. The average Bonchev–Trinajstić information content (AvgIpc) is 2.46. The number of sulfone groups is 1. The second-order valence-corrected chi connectivity index (χ2v) is 9.29. The summed E-state index contributed by atoms with van der Waals surface area (Å²) in [5, 5.41) is -0.402. The summed E-state index contributed by atoms with van der Waals surface area (Å²) in [6, 6.07) is 0. The summed E-state index contributed by atoms with van der Waals surface area (Å²) in [5.74, 6) is 1.63. The highest BCUT2D eigenvalue weighted by Crippen LogP contribution is 2.38. The van der Waals surface area contributed by atoms with Crippen molar-refractivity contribution in [1.29, 1.82) is 0 Å². The van der Waals surface area contributed by atoms with Gasteiger partial charge in [-0.25, -0.2) is 8.42 Å². The maximum atomic E-state index is 12.1. The summed E-state index contributed by atoms with van der Waals surface area (Å²) in [7, 11) is -1.35. The lowest BCUT2D eigenvalue weighted by Crippen LogP contribution is -2.64. The second-order valence-electron chi connectivity index (χ2n) is 5.94. The molecule has 3 atom stereocenters. The van der Waals surface area contributed by atoms with E-state index < -0.39 is 15.2 Å². The monoisotopic (exact) mass is 322 g/mol. The van der Waals surface area contributed by atoms with Gasteiger partial charge >= 0.3 is 0 Å². The van der Waals surface area contributed by atoms with Gasteiger partial charge in [-0.15, -0.1) is 0 Å². The molecule has 0 bridgehead atoms. The van der Waals surface area contributed by atoms with E-state index in [-0.39, 0.29) is 11.6 Å². The van der Waals surface area contributed by atoms with E-state index in [0.29, 0.717) is 12.3 Å². The normalized spacial score (nSPS) is 37.0. The van der Waals surface area contributed by atoms with Crippen LogP contribution in [0, 0.1) is 0 Å². The van der Waals surface area contributed by atoms with Gasteiger partial charge in [0, 0.05) is 43.5 Å². The van der Waals surface area contributed by atoms with Crippen molar-refractivity contribution in [2.75, 3.05) is 38.0 Å². The Morgan fingerprint density at radius 1 is 1.50 bits per heavy atom. The lowest BCUT2D eigenvalue weighted by Gasteiger charge is -2.51. The van der Waals surface area contributed by atoms with E-state index in [1.807, 2.05) is 0 Å². The Morgan fingerprint density at radius 2 is 2.25 bits per heavy atom. The molecule has 1 saturated carbocycles. The van der Waals surface area contributed by atoms with Gasteiger partial charge in [0.05, 0.1) is 6.10 Å². The molecule has 2 N–H and O–H groups in total.